The second-order valence-corrected chi connectivity index (χ2v) is 7.11. The van der Waals surface area contributed by atoms with Gasteiger partial charge in [0.2, 0.25) is 11.9 Å². The van der Waals surface area contributed by atoms with Gasteiger partial charge < -0.3 is 14.6 Å². The largest absolute Gasteiger partial charge is 0.368 e. The number of carbonyl (C=O) groups excluding carboxylic acids is 2. The summed E-state index contributed by atoms with van der Waals surface area (Å²) in [5.41, 5.74) is 1.72. The Morgan fingerprint density at radius 1 is 1.19 bits per heavy atom. The number of carbonyl (C=O) groups is 2. The van der Waals surface area contributed by atoms with E-state index in [1.807, 2.05) is 29.2 Å². The van der Waals surface area contributed by atoms with Gasteiger partial charge in [-0.3, -0.25) is 19.8 Å². The molecule has 2 amide bonds. The van der Waals surface area contributed by atoms with Gasteiger partial charge in [-0.15, -0.1) is 0 Å². The zero-order chi connectivity index (χ0) is 18.6. The van der Waals surface area contributed by atoms with Crippen LogP contribution in [0, 0.1) is 0 Å². The fourth-order valence-electron chi connectivity index (χ4n) is 3.71. The Kier molecular flexibility index (Phi) is 5.35. The van der Waals surface area contributed by atoms with E-state index >= 15 is 0 Å². The molecule has 2 aromatic rings. The highest BCUT2D eigenvalue weighted by molar-refractivity contribution is 5.92. The molecule has 2 saturated heterocycles. The molecule has 144 valence electrons. The number of amides is 2. The van der Waals surface area contributed by atoms with Gasteiger partial charge in [-0.25, -0.2) is 4.98 Å². The lowest BCUT2D eigenvalue weighted by atomic mass is 10.2. The van der Waals surface area contributed by atoms with Crippen molar-refractivity contribution >= 4 is 28.8 Å². The first kappa shape index (κ1) is 17.9. The summed E-state index contributed by atoms with van der Waals surface area (Å²) >= 11 is 0. The average molecular weight is 371 g/mol. The molecular weight excluding hydrogens is 346 g/mol. The topological polar surface area (TPSA) is 90.6 Å². The van der Waals surface area contributed by atoms with Crippen LogP contribution in [-0.4, -0.2) is 77.0 Å². The van der Waals surface area contributed by atoms with Crippen molar-refractivity contribution in [2.24, 2.45) is 0 Å². The molecule has 3 heterocycles. The Hall–Kier alpha value is -2.45. The highest BCUT2D eigenvalue weighted by atomic mass is 16.5. The van der Waals surface area contributed by atoms with Crippen LogP contribution in [0.2, 0.25) is 0 Å². The number of hydrogen-bond acceptors (Lipinski definition) is 5. The summed E-state index contributed by atoms with van der Waals surface area (Å²) in [6.07, 6.45) is 2.36. The van der Waals surface area contributed by atoms with Gasteiger partial charge >= 0.3 is 0 Å². The number of benzene rings is 1. The zero-order valence-electron chi connectivity index (χ0n) is 15.3. The molecule has 0 saturated carbocycles. The van der Waals surface area contributed by atoms with Gasteiger partial charge in [-0.2, -0.15) is 0 Å². The maximum absolute atomic E-state index is 12.5. The monoisotopic (exact) mass is 371 g/mol. The number of anilines is 1. The minimum Gasteiger partial charge on any atom is -0.368 e. The van der Waals surface area contributed by atoms with Crippen molar-refractivity contribution in [2.75, 3.05) is 44.6 Å². The normalized spacial score (nSPS) is 21.3. The third-order valence-corrected chi connectivity index (χ3v) is 5.12. The fourth-order valence-corrected chi connectivity index (χ4v) is 3.71. The lowest BCUT2D eigenvalue weighted by Gasteiger charge is -2.24. The minimum absolute atomic E-state index is 0.0982. The molecule has 1 unspecified atom stereocenters. The number of fused-ring (bicyclic) bond motifs is 1. The molecule has 0 radical (unpaired) electrons. The summed E-state index contributed by atoms with van der Waals surface area (Å²) in [5, 5.41) is 2.83. The van der Waals surface area contributed by atoms with E-state index in [1.165, 1.54) is 0 Å². The minimum atomic E-state index is -0.270. The van der Waals surface area contributed by atoms with Crippen molar-refractivity contribution in [3.8, 4) is 0 Å². The van der Waals surface area contributed by atoms with Gasteiger partial charge in [0.25, 0.3) is 5.91 Å². The Morgan fingerprint density at radius 3 is 2.89 bits per heavy atom. The number of nitrogens with zero attached hydrogens (tertiary/aromatic N) is 3. The van der Waals surface area contributed by atoms with Gasteiger partial charge in [0.05, 0.1) is 17.6 Å². The first-order valence-corrected chi connectivity index (χ1v) is 9.56. The van der Waals surface area contributed by atoms with Crippen molar-refractivity contribution in [1.82, 2.24) is 19.8 Å². The van der Waals surface area contributed by atoms with Crippen LogP contribution < -0.4 is 5.32 Å². The van der Waals surface area contributed by atoms with Crippen LogP contribution in [0.4, 0.5) is 5.95 Å². The predicted octanol–water partition coefficient (Wildman–Crippen LogP) is 1.21. The lowest BCUT2D eigenvalue weighted by molar-refractivity contribution is -0.140. The van der Waals surface area contributed by atoms with Crippen LogP contribution >= 0.6 is 0 Å². The first-order valence-electron chi connectivity index (χ1n) is 9.56. The van der Waals surface area contributed by atoms with Crippen molar-refractivity contribution in [2.45, 2.75) is 25.4 Å². The molecule has 8 nitrogen and oxygen atoms in total. The van der Waals surface area contributed by atoms with E-state index in [2.05, 4.69) is 20.2 Å². The van der Waals surface area contributed by atoms with E-state index in [4.69, 9.17) is 4.74 Å². The maximum atomic E-state index is 12.5. The van der Waals surface area contributed by atoms with Crippen molar-refractivity contribution in [3.63, 3.8) is 0 Å². The quantitative estimate of drug-likeness (QED) is 0.843. The second-order valence-electron chi connectivity index (χ2n) is 7.11. The number of nitrogens with one attached hydrogen (secondary N) is 2. The molecule has 1 atom stereocenters. The Balaban J connectivity index is 1.29. The van der Waals surface area contributed by atoms with E-state index in [0.717, 1.165) is 43.4 Å². The number of imidazole rings is 1. The van der Waals surface area contributed by atoms with Crippen molar-refractivity contribution in [1.29, 1.82) is 0 Å². The number of aromatic nitrogens is 2. The molecule has 0 spiro atoms. The third kappa shape index (κ3) is 4.28. The van der Waals surface area contributed by atoms with E-state index in [9.17, 15) is 9.59 Å². The van der Waals surface area contributed by atoms with E-state index < -0.39 is 0 Å². The first-order chi connectivity index (χ1) is 13.2. The molecule has 2 aliphatic rings. The summed E-state index contributed by atoms with van der Waals surface area (Å²) in [4.78, 5) is 36.3. The molecule has 2 N–H and O–H groups in total. The zero-order valence-corrected chi connectivity index (χ0v) is 15.3. The summed E-state index contributed by atoms with van der Waals surface area (Å²) in [5.74, 6) is 0.459. The molecule has 1 aromatic heterocycles. The fraction of sp³-hybridized carbons (Fsp3) is 0.526. The van der Waals surface area contributed by atoms with Gasteiger partial charge in [0.15, 0.2) is 0 Å². The van der Waals surface area contributed by atoms with Crippen LogP contribution in [-0.2, 0) is 14.3 Å². The van der Waals surface area contributed by atoms with Crippen molar-refractivity contribution in [3.05, 3.63) is 24.3 Å². The molecule has 4 rings (SSSR count). The standard InChI is InChI=1S/C19H25N5O3/c25-17(22-19-20-14-5-1-2-6-15(14)21-19)13-23-8-4-9-24(11-10-23)18(26)16-7-3-12-27-16/h1-2,5-6,16H,3-4,7-13H2,(H2,20,21,22,25). The molecule has 0 bridgehead atoms. The molecule has 1 aromatic carbocycles. The Morgan fingerprint density at radius 2 is 2.07 bits per heavy atom. The van der Waals surface area contributed by atoms with E-state index in [-0.39, 0.29) is 17.9 Å². The number of ether oxygens (including phenoxy) is 1. The number of hydrogen-bond donors (Lipinski definition) is 2. The Labute approximate surface area is 157 Å². The summed E-state index contributed by atoms with van der Waals surface area (Å²) in [7, 11) is 0. The van der Waals surface area contributed by atoms with Crippen LogP contribution in [0.3, 0.4) is 0 Å². The van der Waals surface area contributed by atoms with Crippen molar-refractivity contribution < 1.29 is 14.3 Å². The predicted molar refractivity (Wildman–Crippen MR) is 101 cm³/mol. The van der Waals surface area contributed by atoms with Gasteiger partial charge in [-0.1, -0.05) is 12.1 Å². The maximum Gasteiger partial charge on any atom is 0.251 e. The molecular formula is C19H25N5O3. The number of rotatable bonds is 4. The summed E-state index contributed by atoms with van der Waals surface area (Å²) < 4.78 is 5.51. The second kappa shape index (κ2) is 8.06. The molecule has 27 heavy (non-hydrogen) atoms. The van der Waals surface area contributed by atoms with Gasteiger partial charge in [0, 0.05) is 32.8 Å². The summed E-state index contributed by atoms with van der Waals surface area (Å²) in [6, 6.07) is 7.66. The smallest absolute Gasteiger partial charge is 0.251 e. The van der Waals surface area contributed by atoms with Gasteiger partial charge in [0.1, 0.15) is 6.10 Å². The molecule has 8 heteroatoms. The molecule has 2 fully saturated rings. The Bertz CT molecular complexity index is 782. The van der Waals surface area contributed by atoms with Crippen LogP contribution in [0.1, 0.15) is 19.3 Å². The number of para-hydroxylation sites is 2. The SMILES string of the molecule is O=C(CN1CCCN(C(=O)C2CCCO2)CC1)Nc1nc2ccccc2[nH]1. The number of aromatic amines is 1. The lowest BCUT2D eigenvalue weighted by Crippen LogP contribution is -2.42. The highest BCUT2D eigenvalue weighted by Crippen LogP contribution is 2.16. The average Bonchev–Trinajstić information content (AvgIpc) is 3.27. The molecule has 0 aliphatic carbocycles. The number of H-pyrrole nitrogens is 1. The van der Waals surface area contributed by atoms with Crippen LogP contribution in [0.15, 0.2) is 24.3 Å². The summed E-state index contributed by atoms with van der Waals surface area (Å²) in [6.45, 7) is 3.81. The van der Waals surface area contributed by atoms with E-state index in [1.54, 1.807) is 0 Å². The van der Waals surface area contributed by atoms with Gasteiger partial charge in [-0.05, 0) is 31.4 Å². The molecule has 2 aliphatic heterocycles. The highest BCUT2D eigenvalue weighted by Gasteiger charge is 2.29. The van der Waals surface area contributed by atoms with Crippen LogP contribution in [0.25, 0.3) is 11.0 Å². The third-order valence-electron chi connectivity index (χ3n) is 5.12. The van der Waals surface area contributed by atoms with E-state index in [0.29, 0.717) is 32.2 Å². The van der Waals surface area contributed by atoms with Crippen LogP contribution in [0.5, 0.6) is 0 Å².